The van der Waals surface area contributed by atoms with Gasteiger partial charge in [-0.25, -0.2) is 0 Å². The van der Waals surface area contributed by atoms with Crippen molar-refractivity contribution < 1.29 is 23.1 Å². The van der Waals surface area contributed by atoms with Crippen LogP contribution in [0.1, 0.15) is 38.5 Å². The van der Waals surface area contributed by atoms with E-state index in [0.717, 1.165) is 25.7 Å². The third-order valence-electron chi connectivity index (χ3n) is 3.17. The first-order valence-corrected chi connectivity index (χ1v) is 8.05. The molecule has 0 aromatic heterocycles. The fraction of sp³-hybridized carbons (Fsp3) is 0.818. The lowest BCUT2D eigenvalue weighted by Crippen LogP contribution is -2.48. The van der Waals surface area contributed by atoms with Gasteiger partial charge in [0, 0.05) is 19.5 Å². The van der Waals surface area contributed by atoms with Gasteiger partial charge >= 0.3 is 5.97 Å². The van der Waals surface area contributed by atoms with Gasteiger partial charge in [-0.2, -0.15) is 17.4 Å². The van der Waals surface area contributed by atoms with E-state index in [1.807, 2.05) is 0 Å². The monoisotopic (exact) mass is 307 g/mol. The molecule has 1 fully saturated rings. The van der Waals surface area contributed by atoms with Crippen LogP contribution in [-0.2, 0) is 19.8 Å². The van der Waals surface area contributed by atoms with E-state index in [1.165, 1.54) is 4.31 Å². The fourth-order valence-electron chi connectivity index (χ4n) is 2.06. The molecule has 9 heteroatoms. The molecular weight excluding hydrogens is 286 g/mol. The number of carbonyl (C=O) groups is 2. The first kappa shape index (κ1) is 16.9. The lowest BCUT2D eigenvalue weighted by Gasteiger charge is -2.23. The summed E-state index contributed by atoms with van der Waals surface area (Å²) < 4.78 is 27.7. The topological polar surface area (TPSA) is 130 Å². The van der Waals surface area contributed by atoms with Crippen LogP contribution in [-0.4, -0.2) is 48.8 Å². The van der Waals surface area contributed by atoms with Crippen LogP contribution in [0.15, 0.2) is 0 Å². The molecule has 1 amide bonds. The predicted molar refractivity (Wildman–Crippen MR) is 71.9 cm³/mol. The van der Waals surface area contributed by atoms with Crippen LogP contribution in [0.4, 0.5) is 0 Å². The Morgan fingerprint density at radius 1 is 1.20 bits per heavy atom. The van der Waals surface area contributed by atoms with E-state index in [2.05, 4.69) is 4.72 Å². The van der Waals surface area contributed by atoms with Crippen molar-refractivity contribution in [3.05, 3.63) is 0 Å². The number of carbonyl (C=O) groups excluding carboxylic acids is 1. The van der Waals surface area contributed by atoms with Crippen molar-refractivity contribution in [1.82, 2.24) is 9.03 Å². The molecule has 0 aromatic carbocycles. The first-order valence-electron chi connectivity index (χ1n) is 6.61. The summed E-state index contributed by atoms with van der Waals surface area (Å²) in [4.78, 5) is 21.7. The van der Waals surface area contributed by atoms with Gasteiger partial charge in [0.25, 0.3) is 10.2 Å². The summed E-state index contributed by atoms with van der Waals surface area (Å²) in [7, 11) is -3.85. The molecule has 20 heavy (non-hydrogen) atoms. The Morgan fingerprint density at radius 2 is 1.75 bits per heavy atom. The highest BCUT2D eigenvalue weighted by molar-refractivity contribution is 7.87. The Morgan fingerprint density at radius 3 is 2.20 bits per heavy atom. The zero-order chi connectivity index (χ0) is 15.2. The second-order valence-corrected chi connectivity index (χ2v) is 6.53. The summed E-state index contributed by atoms with van der Waals surface area (Å²) in [6.07, 6.45) is 3.13. The zero-order valence-corrected chi connectivity index (χ0v) is 12.1. The highest BCUT2D eigenvalue weighted by atomic mass is 32.2. The van der Waals surface area contributed by atoms with Crippen molar-refractivity contribution in [3.63, 3.8) is 0 Å². The molecule has 0 unspecified atom stereocenters. The van der Waals surface area contributed by atoms with Crippen molar-refractivity contribution >= 4 is 22.1 Å². The van der Waals surface area contributed by atoms with Gasteiger partial charge in [0.05, 0.1) is 0 Å². The number of carboxylic acid groups (broad SMARTS) is 1. The van der Waals surface area contributed by atoms with Crippen molar-refractivity contribution in [2.45, 2.75) is 44.6 Å². The summed E-state index contributed by atoms with van der Waals surface area (Å²) in [6, 6.07) is -1.34. The van der Waals surface area contributed by atoms with E-state index < -0.39 is 28.1 Å². The number of rotatable bonds is 7. The standard InChI is InChI=1S/C11H21N3O5S/c12-10(15)6-5-9(11(16)17)13-20(18,19)14-7-3-1-2-4-8-14/h9,13H,1-8H2,(H2,12,15)(H,16,17)/t9-/m0/s1. The summed E-state index contributed by atoms with van der Waals surface area (Å²) in [6.45, 7) is 0.773. The van der Waals surface area contributed by atoms with Gasteiger partial charge in [-0.15, -0.1) is 0 Å². The highest BCUT2D eigenvalue weighted by Crippen LogP contribution is 2.13. The second kappa shape index (κ2) is 7.55. The summed E-state index contributed by atoms with van der Waals surface area (Å²) >= 11 is 0. The van der Waals surface area contributed by atoms with E-state index in [-0.39, 0.29) is 12.8 Å². The maximum Gasteiger partial charge on any atom is 0.321 e. The van der Waals surface area contributed by atoms with Gasteiger partial charge in [-0.3, -0.25) is 9.59 Å². The average molecular weight is 307 g/mol. The molecular formula is C11H21N3O5S. The molecule has 4 N–H and O–H groups in total. The Labute approximate surface area is 118 Å². The summed E-state index contributed by atoms with van der Waals surface area (Å²) in [5, 5.41) is 9.01. The van der Waals surface area contributed by atoms with Gasteiger partial charge in [-0.1, -0.05) is 12.8 Å². The number of carboxylic acids is 1. The van der Waals surface area contributed by atoms with Crippen LogP contribution in [0.25, 0.3) is 0 Å². The van der Waals surface area contributed by atoms with Crippen molar-refractivity contribution in [3.8, 4) is 0 Å². The SMILES string of the molecule is NC(=O)CC[C@H](NS(=O)(=O)N1CCCCCC1)C(=O)O. The van der Waals surface area contributed by atoms with Crippen LogP contribution in [0.5, 0.6) is 0 Å². The highest BCUT2D eigenvalue weighted by Gasteiger charge is 2.29. The molecule has 0 radical (unpaired) electrons. The van der Waals surface area contributed by atoms with Crippen LogP contribution in [0.3, 0.4) is 0 Å². The molecule has 116 valence electrons. The number of aliphatic carboxylic acids is 1. The predicted octanol–water partition coefficient (Wildman–Crippen LogP) is -0.584. The van der Waals surface area contributed by atoms with Gasteiger partial charge < -0.3 is 10.8 Å². The van der Waals surface area contributed by atoms with Crippen LogP contribution in [0.2, 0.25) is 0 Å². The van der Waals surface area contributed by atoms with Crippen molar-refractivity contribution in [2.75, 3.05) is 13.1 Å². The third kappa shape index (κ3) is 5.43. The van der Waals surface area contributed by atoms with Gasteiger partial charge in [0.1, 0.15) is 6.04 Å². The van der Waals surface area contributed by atoms with Crippen LogP contribution < -0.4 is 10.5 Å². The Bertz CT molecular complexity index is 443. The van der Waals surface area contributed by atoms with E-state index in [0.29, 0.717) is 13.1 Å². The maximum absolute atomic E-state index is 12.1. The van der Waals surface area contributed by atoms with Crippen molar-refractivity contribution in [2.24, 2.45) is 5.73 Å². The van der Waals surface area contributed by atoms with Gasteiger partial charge in [0.15, 0.2) is 0 Å². The smallest absolute Gasteiger partial charge is 0.321 e. The number of nitrogens with zero attached hydrogens (tertiary/aromatic N) is 1. The number of nitrogens with one attached hydrogen (secondary N) is 1. The summed E-state index contributed by atoms with van der Waals surface area (Å²) in [5.74, 6) is -1.98. The average Bonchev–Trinajstić information content (AvgIpc) is 2.63. The Kier molecular flexibility index (Phi) is 6.37. The lowest BCUT2D eigenvalue weighted by atomic mass is 10.2. The molecule has 1 aliphatic heterocycles. The molecule has 1 rings (SSSR count). The van der Waals surface area contributed by atoms with Gasteiger partial charge in [0.2, 0.25) is 5.91 Å². The maximum atomic E-state index is 12.1. The number of amides is 1. The molecule has 1 heterocycles. The quantitative estimate of drug-likeness (QED) is 0.579. The number of nitrogens with two attached hydrogens (primary N) is 1. The molecule has 1 saturated heterocycles. The fourth-order valence-corrected chi connectivity index (χ4v) is 3.52. The molecule has 1 aliphatic rings. The minimum absolute atomic E-state index is 0.155. The Hall–Kier alpha value is -1.19. The van der Waals surface area contributed by atoms with E-state index in [9.17, 15) is 18.0 Å². The van der Waals surface area contributed by atoms with Crippen molar-refractivity contribution in [1.29, 1.82) is 0 Å². The zero-order valence-electron chi connectivity index (χ0n) is 11.2. The largest absolute Gasteiger partial charge is 0.480 e. The molecule has 8 nitrogen and oxygen atoms in total. The molecule has 0 bridgehead atoms. The minimum atomic E-state index is -3.85. The Balaban J connectivity index is 2.69. The van der Waals surface area contributed by atoms with Crippen LogP contribution in [0, 0.1) is 0 Å². The number of hydrogen-bond donors (Lipinski definition) is 3. The van der Waals surface area contributed by atoms with E-state index in [4.69, 9.17) is 10.8 Å². The lowest BCUT2D eigenvalue weighted by molar-refractivity contribution is -0.139. The third-order valence-corrected chi connectivity index (χ3v) is 4.80. The normalized spacial score (nSPS) is 19.2. The van der Waals surface area contributed by atoms with E-state index >= 15 is 0 Å². The summed E-state index contributed by atoms with van der Waals surface area (Å²) in [5.41, 5.74) is 4.95. The van der Waals surface area contributed by atoms with Crippen LogP contribution >= 0.6 is 0 Å². The molecule has 0 saturated carbocycles. The number of hydrogen-bond acceptors (Lipinski definition) is 4. The molecule has 1 atom stereocenters. The molecule has 0 spiro atoms. The first-order chi connectivity index (χ1) is 9.33. The molecule has 0 aromatic rings. The second-order valence-electron chi connectivity index (χ2n) is 4.83. The minimum Gasteiger partial charge on any atom is -0.480 e. The number of primary amides is 1. The molecule has 0 aliphatic carbocycles. The van der Waals surface area contributed by atoms with E-state index in [1.54, 1.807) is 0 Å². The van der Waals surface area contributed by atoms with Gasteiger partial charge in [-0.05, 0) is 19.3 Å².